The number of hydrogen-bond acceptors (Lipinski definition) is 2. The van der Waals surface area contributed by atoms with Gasteiger partial charge in [-0.3, -0.25) is 4.98 Å². The maximum atomic E-state index is 4.13. The lowest BCUT2D eigenvalue weighted by Gasteiger charge is -2.06. The lowest BCUT2D eigenvalue weighted by molar-refractivity contribution is 0.598. The van der Waals surface area contributed by atoms with Crippen molar-refractivity contribution in [3.8, 4) is 0 Å². The van der Waals surface area contributed by atoms with E-state index in [1.165, 1.54) is 42.0 Å². The first-order valence-electron chi connectivity index (χ1n) is 6.93. The van der Waals surface area contributed by atoms with Crippen LogP contribution in [0.5, 0.6) is 0 Å². The quantitative estimate of drug-likeness (QED) is 0.745. The molecule has 0 fully saturated rings. The van der Waals surface area contributed by atoms with E-state index in [1.54, 1.807) is 0 Å². The molecule has 2 heteroatoms. The van der Waals surface area contributed by atoms with E-state index < -0.39 is 0 Å². The summed E-state index contributed by atoms with van der Waals surface area (Å²) in [7, 11) is 0. The lowest BCUT2D eigenvalue weighted by atomic mass is 10.1. The number of benzene rings is 1. The molecule has 0 saturated heterocycles. The second-order valence-corrected chi connectivity index (χ2v) is 4.79. The lowest BCUT2D eigenvalue weighted by Crippen LogP contribution is -2.14. The molecule has 96 valence electrons. The topological polar surface area (TPSA) is 24.9 Å². The Hall–Kier alpha value is -1.41. The number of unbranched alkanes of at least 4 members (excludes halogenated alkanes) is 3. The summed E-state index contributed by atoms with van der Waals surface area (Å²) in [5, 5.41) is 6.00. The molecule has 0 atom stereocenters. The predicted molar refractivity (Wildman–Crippen MR) is 77.6 cm³/mol. The number of rotatable bonds is 7. The van der Waals surface area contributed by atoms with Gasteiger partial charge in [-0.2, -0.15) is 0 Å². The third-order valence-corrected chi connectivity index (χ3v) is 3.24. The van der Waals surface area contributed by atoms with Gasteiger partial charge in [0.05, 0.1) is 0 Å². The average Bonchev–Trinajstić information content (AvgIpc) is 2.42. The van der Waals surface area contributed by atoms with Crippen molar-refractivity contribution < 1.29 is 0 Å². The van der Waals surface area contributed by atoms with Crippen LogP contribution in [0.4, 0.5) is 0 Å². The van der Waals surface area contributed by atoms with Crippen molar-refractivity contribution in [2.45, 2.75) is 39.2 Å². The fraction of sp³-hybridized carbons (Fsp3) is 0.438. The fourth-order valence-electron chi connectivity index (χ4n) is 2.15. The normalized spacial score (nSPS) is 10.9. The summed E-state index contributed by atoms with van der Waals surface area (Å²) >= 11 is 0. The molecule has 2 rings (SSSR count). The molecular weight excluding hydrogens is 220 g/mol. The largest absolute Gasteiger partial charge is 0.313 e. The molecule has 1 aromatic heterocycles. The highest BCUT2D eigenvalue weighted by atomic mass is 14.8. The SMILES string of the molecule is CCCCCCNCc1ccc2cnccc2c1. The Labute approximate surface area is 109 Å². The average molecular weight is 242 g/mol. The van der Waals surface area contributed by atoms with E-state index in [9.17, 15) is 0 Å². The standard InChI is InChI=1S/C16H22N2/c1-2-3-4-5-9-17-12-14-6-7-16-13-18-10-8-15(16)11-14/h6-8,10-11,13,17H,2-5,9,12H2,1H3. The molecule has 0 aliphatic heterocycles. The maximum Gasteiger partial charge on any atom is 0.0346 e. The highest BCUT2D eigenvalue weighted by Crippen LogP contribution is 2.14. The first kappa shape index (κ1) is 13.0. The third kappa shape index (κ3) is 3.81. The van der Waals surface area contributed by atoms with Crippen LogP contribution in [0.1, 0.15) is 38.2 Å². The Balaban J connectivity index is 1.81. The summed E-state index contributed by atoms with van der Waals surface area (Å²) in [5.41, 5.74) is 1.35. The zero-order valence-corrected chi connectivity index (χ0v) is 11.2. The summed E-state index contributed by atoms with van der Waals surface area (Å²) in [6, 6.07) is 8.65. The van der Waals surface area contributed by atoms with Gasteiger partial charge in [-0.15, -0.1) is 0 Å². The van der Waals surface area contributed by atoms with E-state index in [2.05, 4.69) is 41.5 Å². The van der Waals surface area contributed by atoms with Crippen LogP contribution < -0.4 is 5.32 Å². The van der Waals surface area contributed by atoms with E-state index in [4.69, 9.17) is 0 Å². The van der Waals surface area contributed by atoms with Crippen molar-refractivity contribution in [2.75, 3.05) is 6.54 Å². The summed E-state index contributed by atoms with van der Waals surface area (Å²) in [4.78, 5) is 4.13. The molecule has 0 amide bonds. The number of pyridine rings is 1. The smallest absolute Gasteiger partial charge is 0.0346 e. The monoisotopic (exact) mass is 242 g/mol. The minimum Gasteiger partial charge on any atom is -0.313 e. The predicted octanol–water partition coefficient (Wildman–Crippen LogP) is 3.90. The fourth-order valence-corrected chi connectivity index (χ4v) is 2.15. The van der Waals surface area contributed by atoms with E-state index >= 15 is 0 Å². The molecule has 2 nitrogen and oxygen atoms in total. The molecule has 2 aromatic rings. The van der Waals surface area contributed by atoms with Crippen molar-refractivity contribution in [2.24, 2.45) is 0 Å². The van der Waals surface area contributed by atoms with Crippen molar-refractivity contribution in [3.63, 3.8) is 0 Å². The summed E-state index contributed by atoms with van der Waals surface area (Å²) in [6.07, 6.45) is 9.04. The summed E-state index contributed by atoms with van der Waals surface area (Å²) < 4.78 is 0. The second-order valence-electron chi connectivity index (χ2n) is 4.79. The van der Waals surface area contributed by atoms with Gasteiger partial charge < -0.3 is 5.32 Å². The number of fused-ring (bicyclic) bond motifs is 1. The molecule has 0 spiro atoms. The van der Waals surface area contributed by atoms with E-state index in [1.807, 2.05) is 12.4 Å². The molecule has 0 aliphatic carbocycles. The Kier molecular flexibility index (Phi) is 5.15. The van der Waals surface area contributed by atoms with Gasteiger partial charge in [-0.1, -0.05) is 38.3 Å². The van der Waals surface area contributed by atoms with Gasteiger partial charge in [-0.05, 0) is 36.0 Å². The molecule has 0 unspecified atom stereocenters. The van der Waals surface area contributed by atoms with Crippen LogP contribution in [0.25, 0.3) is 10.8 Å². The molecule has 1 heterocycles. The van der Waals surface area contributed by atoms with Gasteiger partial charge in [0, 0.05) is 24.3 Å². The Bertz CT molecular complexity index is 479. The number of nitrogens with zero attached hydrogens (tertiary/aromatic N) is 1. The van der Waals surface area contributed by atoms with Crippen LogP contribution in [-0.4, -0.2) is 11.5 Å². The highest BCUT2D eigenvalue weighted by molar-refractivity contribution is 5.81. The van der Waals surface area contributed by atoms with Gasteiger partial charge in [0.15, 0.2) is 0 Å². The van der Waals surface area contributed by atoms with Crippen LogP contribution in [0.2, 0.25) is 0 Å². The minimum atomic E-state index is 0.963. The maximum absolute atomic E-state index is 4.13. The highest BCUT2D eigenvalue weighted by Gasteiger charge is 1.96. The Morgan fingerprint density at radius 1 is 1.06 bits per heavy atom. The Morgan fingerprint density at radius 3 is 2.89 bits per heavy atom. The molecular formula is C16H22N2. The zero-order valence-electron chi connectivity index (χ0n) is 11.2. The number of nitrogens with one attached hydrogen (secondary N) is 1. The van der Waals surface area contributed by atoms with E-state index in [0.29, 0.717) is 0 Å². The molecule has 0 bridgehead atoms. The van der Waals surface area contributed by atoms with Crippen molar-refractivity contribution in [1.82, 2.24) is 10.3 Å². The van der Waals surface area contributed by atoms with E-state index in [-0.39, 0.29) is 0 Å². The Morgan fingerprint density at radius 2 is 2.00 bits per heavy atom. The van der Waals surface area contributed by atoms with Crippen molar-refractivity contribution in [3.05, 3.63) is 42.2 Å². The third-order valence-electron chi connectivity index (χ3n) is 3.24. The molecule has 1 aromatic carbocycles. The molecule has 0 aliphatic rings. The van der Waals surface area contributed by atoms with Gasteiger partial charge >= 0.3 is 0 Å². The van der Waals surface area contributed by atoms with Crippen LogP contribution in [-0.2, 0) is 6.54 Å². The number of hydrogen-bond donors (Lipinski definition) is 1. The van der Waals surface area contributed by atoms with Crippen LogP contribution in [0.3, 0.4) is 0 Å². The second kappa shape index (κ2) is 7.12. The van der Waals surface area contributed by atoms with Gasteiger partial charge in [0.1, 0.15) is 0 Å². The van der Waals surface area contributed by atoms with Gasteiger partial charge in [-0.25, -0.2) is 0 Å². The minimum absolute atomic E-state index is 0.963. The summed E-state index contributed by atoms with van der Waals surface area (Å²) in [6.45, 7) is 4.33. The van der Waals surface area contributed by atoms with Crippen LogP contribution in [0.15, 0.2) is 36.7 Å². The first-order valence-corrected chi connectivity index (χ1v) is 6.93. The van der Waals surface area contributed by atoms with Gasteiger partial charge in [0.2, 0.25) is 0 Å². The molecule has 0 radical (unpaired) electrons. The van der Waals surface area contributed by atoms with Crippen LogP contribution >= 0.6 is 0 Å². The number of aromatic nitrogens is 1. The van der Waals surface area contributed by atoms with Crippen molar-refractivity contribution >= 4 is 10.8 Å². The molecule has 1 N–H and O–H groups in total. The zero-order chi connectivity index (χ0) is 12.6. The van der Waals surface area contributed by atoms with Crippen molar-refractivity contribution in [1.29, 1.82) is 0 Å². The molecule has 0 saturated carbocycles. The summed E-state index contributed by atoms with van der Waals surface area (Å²) in [5.74, 6) is 0. The van der Waals surface area contributed by atoms with Crippen LogP contribution in [0, 0.1) is 0 Å². The molecule has 18 heavy (non-hydrogen) atoms. The van der Waals surface area contributed by atoms with E-state index in [0.717, 1.165) is 13.1 Å². The first-order chi connectivity index (χ1) is 8.90. The van der Waals surface area contributed by atoms with Gasteiger partial charge in [0.25, 0.3) is 0 Å².